The Morgan fingerprint density at radius 2 is 1.61 bits per heavy atom. The van der Waals surface area contributed by atoms with E-state index in [1.54, 1.807) is 67.6 Å². The van der Waals surface area contributed by atoms with Crippen molar-refractivity contribution in [1.29, 1.82) is 0 Å². The summed E-state index contributed by atoms with van der Waals surface area (Å²) in [6.07, 6.45) is 5.04. The van der Waals surface area contributed by atoms with E-state index in [1.807, 2.05) is 0 Å². The molecule has 0 aliphatic heterocycles. The van der Waals surface area contributed by atoms with E-state index < -0.39 is 28.5 Å². The van der Waals surface area contributed by atoms with Gasteiger partial charge in [0.2, 0.25) is 11.8 Å². The predicted octanol–water partition coefficient (Wildman–Crippen LogP) is 6.66. The number of nitrogens with zero attached hydrogens (tertiary/aromatic N) is 2. The van der Waals surface area contributed by atoms with Gasteiger partial charge < -0.3 is 10.2 Å². The number of amides is 2. The molecule has 0 aromatic heterocycles. The van der Waals surface area contributed by atoms with Crippen LogP contribution >= 0.6 is 45.8 Å². The Kier molecular flexibility index (Phi) is 11.0. The van der Waals surface area contributed by atoms with Crippen molar-refractivity contribution >= 4 is 73.3 Å². The maximum atomic E-state index is 14.0. The van der Waals surface area contributed by atoms with Crippen LogP contribution in [0.3, 0.4) is 0 Å². The fourth-order valence-corrected chi connectivity index (χ4v) is 6.96. The van der Waals surface area contributed by atoms with E-state index in [4.69, 9.17) is 23.2 Å². The van der Waals surface area contributed by atoms with E-state index in [-0.39, 0.29) is 23.4 Å². The highest BCUT2D eigenvalue weighted by Crippen LogP contribution is 2.27. The summed E-state index contributed by atoms with van der Waals surface area (Å²) in [4.78, 5) is 28.9. The second-order valence-electron chi connectivity index (χ2n) is 10.1. The monoisotopic (exact) mass is 727 g/mol. The normalized spacial score (nSPS) is 14.7. The lowest BCUT2D eigenvalue weighted by Gasteiger charge is -2.33. The molecule has 7 nitrogen and oxygen atoms in total. The van der Waals surface area contributed by atoms with Crippen LogP contribution in [-0.2, 0) is 26.2 Å². The molecule has 4 rings (SSSR count). The molecule has 3 aromatic rings. The molecule has 11 heteroatoms. The van der Waals surface area contributed by atoms with Crippen molar-refractivity contribution in [3.05, 3.63) is 92.0 Å². The Bertz CT molecular complexity index is 1470. The Morgan fingerprint density at radius 1 is 0.951 bits per heavy atom. The van der Waals surface area contributed by atoms with Crippen LogP contribution in [0.4, 0.5) is 5.69 Å². The van der Waals surface area contributed by atoms with Gasteiger partial charge in [-0.3, -0.25) is 13.9 Å². The van der Waals surface area contributed by atoms with Crippen molar-refractivity contribution in [2.45, 2.75) is 62.6 Å². The second-order valence-corrected chi connectivity index (χ2v) is 14.0. The van der Waals surface area contributed by atoms with Crippen LogP contribution in [-0.4, -0.2) is 43.8 Å². The van der Waals surface area contributed by atoms with Crippen LogP contribution in [0, 0.1) is 3.57 Å². The summed E-state index contributed by atoms with van der Waals surface area (Å²) >= 11 is 14.5. The highest BCUT2D eigenvalue weighted by molar-refractivity contribution is 14.1. The minimum absolute atomic E-state index is 0.0425. The summed E-state index contributed by atoms with van der Waals surface area (Å²) < 4.78 is 29.7. The third-order valence-electron chi connectivity index (χ3n) is 7.18. The number of carbonyl (C=O) groups excluding carboxylic acids is 2. The van der Waals surface area contributed by atoms with Crippen molar-refractivity contribution in [3.8, 4) is 0 Å². The van der Waals surface area contributed by atoms with Gasteiger partial charge in [0.1, 0.15) is 12.6 Å². The van der Waals surface area contributed by atoms with Crippen molar-refractivity contribution < 1.29 is 18.0 Å². The molecule has 2 amide bonds. The molecule has 1 fully saturated rings. The Hall–Kier alpha value is -2.34. The van der Waals surface area contributed by atoms with Crippen LogP contribution in [0.1, 0.15) is 44.6 Å². The number of rotatable bonds is 10. The van der Waals surface area contributed by atoms with Crippen LogP contribution < -0.4 is 9.62 Å². The van der Waals surface area contributed by atoms with E-state index in [1.165, 1.54) is 17.0 Å². The van der Waals surface area contributed by atoms with Crippen LogP contribution in [0.5, 0.6) is 0 Å². The Balaban J connectivity index is 1.67. The topological polar surface area (TPSA) is 86.8 Å². The minimum atomic E-state index is -4.11. The second kappa shape index (κ2) is 14.2. The lowest BCUT2D eigenvalue weighted by Crippen LogP contribution is -2.53. The number of sulfonamides is 1. The third-order valence-corrected chi connectivity index (χ3v) is 10.4. The quantitative estimate of drug-likeness (QED) is 0.237. The average Bonchev–Trinajstić information content (AvgIpc) is 2.97. The molecule has 1 atom stereocenters. The molecule has 0 bridgehead atoms. The number of halogens is 3. The smallest absolute Gasteiger partial charge is 0.264 e. The Labute approximate surface area is 265 Å². The molecule has 218 valence electrons. The summed E-state index contributed by atoms with van der Waals surface area (Å²) in [7, 11) is -4.11. The molecular weight excluding hydrogens is 696 g/mol. The average molecular weight is 728 g/mol. The fraction of sp³-hybridized carbons (Fsp3) is 0.333. The summed E-state index contributed by atoms with van der Waals surface area (Å²) in [6, 6.07) is 19.1. The summed E-state index contributed by atoms with van der Waals surface area (Å²) in [6.45, 7) is 1.20. The van der Waals surface area contributed by atoms with Crippen molar-refractivity contribution in [1.82, 2.24) is 10.2 Å². The number of hydrogen-bond acceptors (Lipinski definition) is 4. The first-order valence-electron chi connectivity index (χ1n) is 13.4. The zero-order valence-corrected chi connectivity index (χ0v) is 27.1. The third kappa shape index (κ3) is 8.15. The molecule has 0 saturated heterocycles. The highest BCUT2D eigenvalue weighted by Gasteiger charge is 2.33. The number of hydrogen-bond donors (Lipinski definition) is 1. The summed E-state index contributed by atoms with van der Waals surface area (Å²) in [5, 5.41) is 3.79. The molecular formula is C30H32Cl2IN3O4S. The number of nitrogens with one attached hydrogen (secondary N) is 1. The van der Waals surface area contributed by atoms with E-state index in [0.29, 0.717) is 21.3 Å². The van der Waals surface area contributed by atoms with Gasteiger partial charge in [0.15, 0.2) is 0 Å². The minimum Gasteiger partial charge on any atom is -0.352 e. The van der Waals surface area contributed by atoms with Gasteiger partial charge in [0.05, 0.1) is 20.6 Å². The molecule has 3 aromatic carbocycles. The molecule has 1 aliphatic carbocycles. The van der Waals surface area contributed by atoms with Gasteiger partial charge in [-0.1, -0.05) is 66.7 Å². The SMILES string of the molecule is C[C@@H](C(=O)NC1CCCCC1)N(Cc1ccc(Cl)c(Cl)c1)C(=O)CN(c1ccc(I)cc1)S(=O)(=O)c1ccccc1. The zero-order valence-electron chi connectivity index (χ0n) is 22.6. The van der Waals surface area contributed by atoms with Crippen molar-refractivity contribution in [2.24, 2.45) is 0 Å². The first kappa shape index (κ1) is 31.6. The van der Waals surface area contributed by atoms with Gasteiger partial charge in [-0.15, -0.1) is 0 Å². The van der Waals surface area contributed by atoms with E-state index in [9.17, 15) is 18.0 Å². The predicted molar refractivity (Wildman–Crippen MR) is 172 cm³/mol. The number of carbonyl (C=O) groups is 2. The van der Waals surface area contributed by atoms with Crippen LogP contribution in [0.15, 0.2) is 77.7 Å². The highest BCUT2D eigenvalue weighted by atomic mass is 127. The van der Waals surface area contributed by atoms with Gasteiger partial charge >= 0.3 is 0 Å². The number of anilines is 1. The van der Waals surface area contributed by atoms with Crippen LogP contribution in [0.25, 0.3) is 0 Å². The maximum Gasteiger partial charge on any atom is 0.264 e. The van der Waals surface area contributed by atoms with Gasteiger partial charge in [-0.2, -0.15) is 0 Å². The van der Waals surface area contributed by atoms with Gasteiger partial charge in [-0.25, -0.2) is 8.42 Å². The molecule has 1 aliphatic rings. The van der Waals surface area contributed by atoms with Gasteiger partial charge in [0, 0.05) is 16.2 Å². The van der Waals surface area contributed by atoms with Crippen LogP contribution in [0.2, 0.25) is 10.0 Å². The molecule has 41 heavy (non-hydrogen) atoms. The largest absolute Gasteiger partial charge is 0.352 e. The Morgan fingerprint density at radius 3 is 2.24 bits per heavy atom. The zero-order chi connectivity index (χ0) is 29.6. The first-order valence-corrected chi connectivity index (χ1v) is 16.7. The van der Waals surface area contributed by atoms with E-state index >= 15 is 0 Å². The first-order chi connectivity index (χ1) is 19.6. The molecule has 0 radical (unpaired) electrons. The van der Waals surface area contributed by atoms with Crippen molar-refractivity contribution in [3.63, 3.8) is 0 Å². The van der Waals surface area contributed by atoms with Crippen molar-refractivity contribution in [2.75, 3.05) is 10.8 Å². The molecule has 1 N–H and O–H groups in total. The lowest BCUT2D eigenvalue weighted by atomic mass is 9.95. The fourth-order valence-electron chi connectivity index (χ4n) is 4.84. The number of benzene rings is 3. The maximum absolute atomic E-state index is 14.0. The van der Waals surface area contributed by atoms with Gasteiger partial charge in [0.25, 0.3) is 10.0 Å². The lowest BCUT2D eigenvalue weighted by molar-refractivity contribution is -0.139. The summed E-state index contributed by atoms with van der Waals surface area (Å²) in [5.41, 5.74) is 1.01. The van der Waals surface area contributed by atoms with E-state index in [0.717, 1.165) is 40.0 Å². The van der Waals surface area contributed by atoms with Gasteiger partial charge in [-0.05, 0) is 96.5 Å². The standard InChI is InChI=1S/C30H32Cl2IN3O4S/c1-21(30(38)34-24-8-4-2-5-9-24)35(19-22-12-17-27(31)28(32)18-22)29(37)20-36(25-15-13-23(33)14-16-25)41(39,40)26-10-6-3-7-11-26/h3,6-7,10-18,21,24H,2,4-5,8-9,19-20H2,1H3,(H,34,38)/t21-/m0/s1. The molecule has 0 heterocycles. The molecule has 0 unspecified atom stereocenters. The molecule has 0 spiro atoms. The molecule has 1 saturated carbocycles. The van der Waals surface area contributed by atoms with E-state index in [2.05, 4.69) is 27.9 Å². The summed E-state index contributed by atoms with van der Waals surface area (Å²) in [5.74, 6) is -0.808.